The molecule has 19 heavy (non-hydrogen) atoms. The standard InChI is InChI=1S/C16H23NO2/c1-3-14(11-18)17-15(19)16(8-5-9-16)13-7-4-6-12(2)10-13/h4,6-7,10,14,18H,3,5,8-9,11H2,1-2H3,(H,17,19)/t14-/m0/s1. The Bertz CT molecular complexity index is 448. The Morgan fingerprint density at radius 3 is 2.68 bits per heavy atom. The van der Waals surface area contributed by atoms with Gasteiger partial charge in [-0.1, -0.05) is 43.2 Å². The third-order valence-electron chi connectivity index (χ3n) is 4.26. The van der Waals surface area contributed by atoms with Crippen molar-refractivity contribution in [3.05, 3.63) is 35.4 Å². The van der Waals surface area contributed by atoms with Crippen LogP contribution in [-0.4, -0.2) is 23.7 Å². The van der Waals surface area contributed by atoms with Gasteiger partial charge in [0.1, 0.15) is 0 Å². The fourth-order valence-electron chi connectivity index (χ4n) is 2.72. The topological polar surface area (TPSA) is 49.3 Å². The molecule has 0 bridgehead atoms. The number of aliphatic hydroxyl groups excluding tert-OH is 1. The van der Waals surface area contributed by atoms with Crippen LogP contribution in [0.1, 0.15) is 43.7 Å². The molecule has 2 rings (SSSR count). The molecule has 1 saturated carbocycles. The van der Waals surface area contributed by atoms with Gasteiger partial charge in [-0.2, -0.15) is 0 Å². The summed E-state index contributed by atoms with van der Waals surface area (Å²) in [6.07, 6.45) is 3.66. The number of benzene rings is 1. The number of aliphatic hydroxyl groups is 1. The second-order valence-corrected chi connectivity index (χ2v) is 5.57. The van der Waals surface area contributed by atoms with Gasteiger partial charge in [0.2, 0.25) is 5.91 Å². The lowest BCUT2D eigenvalue weighted by Gasteiger charge is -2.41. The number of amides is 1. The predicted molar refractivity (Wildman–Crippen MR) is 76.0 cm³/mol. The number of carbonyl (C=O) groups excluding carboxylic acids is 1. The molecule has 1 atom stereocenters. The van der Waals surface area contributed by atoms with Crippen LogP contribution in [0.25, 0.3) is 0 Å². The molecule has 1 aromatic rings. The van der Waals surface area contributed by atoms with Gasteiger partial charge in [0.25, 0.3) is 0 Å². The number of rotatable bonds is 5. The second kappa shape index (κ2) is 5.74. The highest BCUT2D eigenvalue weighted by Crippen LogP contribution is 2.44. The van der Waals surface area contributed by atoms with E-state index >= 15 is 0 Å². The first-order valence-electron chi connectivity index (χ1n) is 7.11. The molecule has 1 aliphatic carbocycles. The summed E-state index contributed by atoms with van der Waals surface area (Å²) >= 11 is 0. The van der Waals surface area contributed by atoms with Gasteiger partial charge in [-0.15, -0.1) is 0 Å². The maximum atomic E-state index is 12.6. The van der Waals surface area contributed by atoms with Crippen molar-refractivity contribution in [2.75, 3.05) is 6.61 Å². The molecular formula is C16H23NO2. The van der Waals surface area contributed by atoms with Crippen molar-refractivity contribution in [3.63, 3.8) is 0 Å². The highest BCUT2D eigenvalue weighted by Gasteiger charge is 2.45. The van der Waals surface area contributed by atoms with Gasteiger partial charge in [-0.25, -0.2) is 0 Å². The first-order chi connectivity index (χ1) is 9.12. The minimum Gasteiger partial charge on any atom is -0.394 e. The van der Waals surface area contributed by atoms with Crippen molar-refractivity contribution in [2.24, 2.45) is 0 Å². The Labute approximate surface area is 115 Å². The van der Waals surface area contributed by atoms with Crippen LogP contribution in [0.2, 0.25) is 0 Å². The molecule has 0 aliphatic heterocycles. The first-order valence-corrected chi connectivity index (χ1v) is 7.11. The van der Waals surface area contributed by atoms with E-state index < -0.39 is 0 Å². The van der Waals surface area contributed by atoms with E-state index in [1.807, 2.05) is 19.1 Å². The second-order valence-electron chi connectivity index (χ2n) is 5.57. The molecular weight excluding hydrogens is 238 g/mol. The minimum atomic E-state index is -0.366. The lowest BCUT2D eigenvalue weighted by molar-refractivity contribution is -0.131. The highest BCUT2D eigenvalue weighted by atomic mass is 16.3. The summed E-state index contributed by atoms with van der Waals surface area (Å²) < 4.78 is 0. The van der Waals surface area contributed by atoms with Gasteiger partial charge in [0, 0.05) is 0 Å². The van der Waals surface area contributed by atoms with Gasteiger partial charge in [0.05, 0.1) is 18.1 Å². The van der Waals surface area contributed by atoms with Crippen molar-refractivity contribution in [1.82, 2.24) is 5.32 Å². The maximum Gasteiger partial charge on any atom is 0.230 e. The third kappa shape index (κ3) is 2.66. The number of nitrogens with one attached hydrogen (secondary N) is 1. The Kier molecular flexibility index (Phi) is 4.25. The average molecular weight is 261 g/mol. The van der Waals surface area contributed by atoms with Crippen LogP contribution in [0.5, 0.6) is 0 Å². The van der Waals surface area contributed by atoms with Crippen LogP contribution in [0, 0.1) is 6.92 Å². The Morgan fingerprint density at radius 1 is 1.47 bits per heavy atom. The molecule has 3 nitrogen and oxygen atoms in total. The van der Waals surface area contributed by atoms with E-state index in [9.17, 15) is 9.90 Å². The average Bonchev–Trinajstić information content (AvgIpc) is 2.34. The molecule has 0 aromatic heterocycles. The smallest absolute Gasteiger partial charge is 0.230 e. The quantitative estimate of drug-likeness (QED) is 0.854. The predicted octanol–water partition coefficient (Wildman–Crippen LogP) is 2.30. The largest absolute Gasteiger partial charge is 0.394 e. The lowest BCUT2D eigenvalue weighted by Crippen LogP contribution is -2.52. The lowest BCUT2D eigenvalue weighted by atomic mass is 9.63. The maximum absolute atomic E-state index is 12.6. The molecule has 0 heterocycles. The zero-order valence-electron chi connectivity index (χ0n) is 11.8. The summed E-state index contributed by atoms with van der Waals surface area (Å²) in [4.78, 5) is 12.6. The molecule has 0 unspecified atom stereocenters. The number of aryl methyl sites for hydroxylation is 1. The highest BCUT2D eigenvalue weighted by molar-refractivity contribution is 5.89. The van der Waals surface area contributed by atoms with Crippen LogP contribution in [0.15, 0.2) is 24.3 Å². The van der Waals surface area contributed by atoms with Gasteiger partial charge in [0.15, 0.2) is 0 Å². The zero-order chi connectivity index (χ0) is 13.9. The molecule has 2 N–H and O–H groups in total. The van der Waals surface area contributed by atoms with E-state index in [2.05, 4.69) is 24.4 Å². The molecule has 0 spiro atoms. The summed E-state index contributed by atoms with van der Waals surface area (Å²) in [5, 5.41) is 12.2. The molecule has 1 amide bonds. The SMILES string of the molecule is CC[C@@H](CO)NC(=O)C1(c2cccc(C)c2)CCC1. The fourth-order valence-corrected chi connectivity index (χ4v) is 2.72. The van der Waals surface area contributed by atoms with Crippen molar-refractivity contribution >= 4 is 5.91 Å². The summed E-state index contributed by atoms with van der Waals surface area (Å²) in [5.41, 5.74) is 1.93. The van der Waals surface area contributed by atoms with Gasteiger partial charge in [-0.3, -0.25) is 4.79 Å². The van der Waals surface area contributed by atoms with Crippen molar-refractivity contribution < 1.29 is 9.90 Å². The van der Waals surface area contributed by atoms with E-state index in [-0.39, 0.29) is 24.0 Å². The molecule has 104 valence electrons. The normalized spacial score (nSPS) is 18.5. The molecule has 1 aliphatic rings. The number of hydrogen-bond acceptors (Lipinski definition) is 2. The molecule has 0 radical (unpaired) electrons. The zero-order valence-corrected chi connectivity index (χ0v) is 11.8. The van der Waals surface area contributed by atoms with Crippen LogP contribution < -0.4 is 5.32 Å². The number of hydrogen-bond donors (Lipinski definition) is 2. The van der Waals surface area contributed by atoms with E-state index in [4.69, 9.17) is 0 Å². The van der Waals surface area contributed by atoms with Crippen LogP contribution in [0.4, 0.5) is 0 Å². The van der Waals surface area contributed by atoms with E-state index in [1.54, 1.807) is 0 Å². The summed E-state index contributed by atoms with van der Waals surface area (Å²) in [6, 6.07) is 8.09. The monoisotopic (exact) mass is 261 g/mol. The van der Waals surface area contributed by atoms with Gasteiger partial charge >= 0.3 is 0 Å². The first kappa shape index (κ1) is 14.1. The van der Waals surface area contributed by atoms with E-state index in [0.29, 0.717) is 0 Å². The molecule has 0 saturated heterocycles. The van der Waals surface area contributed by atoms with E-state index in [1.165, 1.54) is 5.56 Å². The Hall–Kier alpha value is -1.35. The van der Waals surface area contributed by atoms with Crippen molar-refractivity contribution in [3.8, 4) is 0 Å². The van der Waals surface area contributed by atoms with Crippen LogP contribution in [0.3, 0.4) is 0 Å². The van der Waals surface area contributed by atoms with Crippen molar-refractivity contribution in [1.29, 1.82) is 0 Å². The van der Waals surface area contributed by atoms with Gasteiger partial charge < -0.3 is 10.4 Å². The van der Waals surface area contributed by atoms with Crippen LogP contribution >= 0.6 is 0 Å². The van der Waals surface area contributed by atoms with E-state index in [0.717, 1.165) is 31.2 Å². The van der Waals surface area contributed by atoms with Crippen molar-refractivity contribution in [2.45, 2.75) is 51.0 Å². The molecule has 3 heteroatoms. The summed E-state index contributed by atoms with van der Waals surface area (Å²) in [7, 11) is 0. The van der Waals surface area contributed by atoms with Crippen LogP contribution in [-0.2, 0) is 10.2 Å². The minimum absolute atomic E-state index is 0.00609. The Balaban J connectivity index is 2.20. The fraction of sp³-hybridized carbons (Fsp3) is 0.562. The molecule has 1 fully saturated rings. The molecule has 1 aromatic carbocycles. The third-order valence-corrected chi connectivity index (χ3v) is 4.26. The van der Waals surface area contributed by atoms with Gasteiger partial charge in [-0.05, 0) is 31.7 Å². The summed E-state index contributed by atoms with van der Waals surface area (Å²) in [5.74, 6) is 0.0743. The number of carbonyl (C=O) groups is 1. The Morgan fingerprint density at radius 2 is 2.21 bits per heavy atom. The summed E-state index contributed by atoms with van der Waals surface area (Å²) in [6.45, 7) is 4.03.